The molecule has 1 aromatic rings. The van der Waals surface area contributed by atoms with Crippen LogP contribution in [-0.4, -0.2) is 18.6 Å². The van der Waals surface area contributed by atoms with E-state index in [2.05, 4.69) is 4.98 Å². The number of pyridine rings is 1. The number of nitrogens with zero attached hydrogens (tertiary/aromatic N) is 1. The summed E-state index contributed by atoms with van der Waals surface area (Å²) < 4.78 is 5.06. The molecule has 0 saturated heterocycles. The van der Waals surface area contributed by atoms with Crippen molar-refractivity contribution in [2.24, 2.45) is 11.7 Å². The number of nitrogens with two attached hydrogens (primary N) is 1. The van der Waals surface area contributed by atoms with E-state index in [4.69, 9.17) is 10.5 Å². The minimum Gasteiger partial charge on any atom is -0.481 e. The van der Waals surface area contributed by atoms with Crippen LogP contribution < -0.4 is 10.5 Å². The minimum absolute atomic E-state index is 0.641. The van der Waals surface area contributed by atoms with Crippen LogP contribution in [0.15, 0.2) is 18.3 Å². The SMILES string of the molecule is COc1cc(C2CC2CN)ccn1. The zero-order valence-corrected chi connectivity index (χ0v) is 7.73. The summed E-state index contributed by atoms with van der Waals surface area (Å²) in [5.74, 6) is 2.01. The van der Waals surface area contributed by atoms with E-state index < -0.39 is 0 Å². The summed E-state index contributed by atoms with van der Waals surface area (Å²) in [7, 11) is 1.64. The van der Waals surface area contributed by atoms with E-state index in [0.717, 1.165) is 6.54 Å². The lowest BCUT2D eigenvalue weighted by Crippen LogP contribution is -2.02. The molecule has 0 radical (unpaired) electrons. The molecule has 0 aliphatic heterocycles. The monoisotopic (exact) mass is 178 g/mol. The topological polar surface area (TPSA) is 48.1 Å². The van der Waals surface area contributed by atoms with Gasteiger partial charge in [0.25, 0.3) is 0 Å². The third-order valence-corrected chi connectivity index (χ3v) is 2.62. The lowest BCUT2D eigenvalue weighted by Gasteiger charge is -2.01. The van der Waals surface area contributed by atoms with Crippen LogP contribution >= 0.6 is 0 Å². The summed E-state index contributed by atoms with van der Waals surface area (Å²) in [6.07, 6.45) is 3.00. The lowest BCUT2D eigenvalue weighted by atomic mass is 10.1. The maximum atomic E-state index is 5.59. The van der Waals surface area contributed by atoms with Crippen molar-refractivity contribution in [2.45, 2.75) is 12.3 Å². The van der Waals surface area contributed by atoms with E-state index >= 15 is 0 Å². The fourth-order valence-electron chi connectivity index (χ4n) is 1.68. The van der Waals surface area contributed by atoms with Gasteiger partial charge in [0.1, 0.15) is 0 Å². The Morgan fingerprint density at radius 3 is 3.15 bits per heavy atom. The lowest BCUT2D eigenvalue weighted by molar-refractivity contribution is 0.397. The Morgan fingerprint density at radius 1 is 1.69 bits per heavy atom. The fourth-order valence-corrected chi connectivity index (χ4v) is 1.68. The zero-order chi connectivity index (χ0) is 9.26. The van der Waals surface area contributed by atoms with Gasteiger partial charge in [-0.05, 0) is 36.4 Å². The summed E-state index contributed by atoms with van der Waals surface area (Å²) in [4.78, 5) is 4.07. The second-order valence-corrected chi connectivity index (χ2v) is 3.47. The molecule has 1 aromatic heterocycles. The average Bonchev–Trinajstić information content (AvgIpc) is 2.97. The molecule has 1 aliphatic rings. The molecule has 0 spiro atoms. The van der Waals surface area contributed by atoms with Crippen molar-refractivity contribution in [1.29, 1.82) is 0 Å². The van der Waals surface area contributed by atoms with Crippen LogP contribution in [-0.2, 0) is 0 Å². The van der Waals surface area contributed by atoms with Gasteiger partial charge >= 0.3 is 0 Å². The standard InChI is InChI=1S/C10H14N2O/c1-13-10-5-7(2-3-12-10)9-4-8(9)6-11/h2-3,5,8-9H,4,6,11H2,1H3. The number of aromatic nitrogens is 1. The van der Waals surface area contributed by atoms with Crippen molar-refractivity contribution in [3.05, 3.63) is 23.9 Å². The Morgan fingerprint density at radius 2 is 2.54 bits per heavy atom. The van der Waals surface area contributed by atoms with Crippen LogP contribution in [0.3, 0.4) is 0 Å². The van der Waals surface area contributed by atoms with E-state index in [9.17, 15) is 0 Å². The van der Waals surface area contributed by atoms with Gasteiger partial charge in [0.2, 0.25) is 5.88 Å². The highest BCUT2D eigenvalue weighted by Gasteiger charge is 2.36. The van der Waals surface area contributed by atoms with Crippen LogP contribution in [0.2, 0.25) is 0 Å². The van der Waals surface area contributed by atoms with Crippen molar-refractivity contribution in [3.8, 4) is 5.88 Å². The predicted octanol–water partition coefficient (Wildman–Crippen LogP) is 1.15. The Labute approximate surface area is 77.9 Å². The van der Waals surface area contributed by atoms with Crippen molar-refractivity contribution in [2.75, 3.05) is 13.7 Å². The third-order valence-electron chi connectivity index (χ3n) is 2.62. The first-order valence-electron chi connectivity index (χ1n) is 4.55. The van der Waals surface area contributed by atoms with Gasteiger partial charge in [-0.2, -0.15) is 0 Å². The van der Waals surface area contributed by atoms with Crippen molar-refractivity contribution >= 4 is 0 Å². The molecule has 2 atom stereocenters. The number of methoxy groups -OCH3 is 1. The largest absolute Gasteiger partial charge is 0.481 e. The molecule has 2 N–H and O–H groups in total. The fraction of sp³-hybridized carbons (Fsp3) is 0.500. The first-order valence-corrected chi connectivity index (χ1v) is 4.55. The van der Waals surface area contributed by atoms with Crippen molar-refractivity contribution < 1.29 is 4.74 Å². The first-order chi connectivity index (χ1) is 6.35. The second-order valence-electron chi connectivity index (χ2n) is 3.47. The highest BCUT2D eigenvalue weighted by Crippen LogP contribution is 2.46. The van der Waals surface area contributed by atoms with Gasteiger partial charge in [-0.15, -0.1) is 0 Å². The molecule has 0 amide bonds. The van der Waals surface area contributed by atoms with E-state index in [1.165, 1.54) is 12.0 Å². The molecule has 0 bridgehead atoms. The summed E-state index contributed by atoms with van der Waals surface area (Å²) in [6.45, 7) is 0.787. The average molecular weight is 178 g/mol. The van der Waals surface area contributed by atoms with E-state index in [1.54, 1.807) is 13.3 Å². The molecule has 3 nitrogen and oxygen atoms in total. The summed E-state index contributed by atoms with van der Waals surface area (Å²) in [6, 6.07) is 4.04. The Balaban J connectivity index is 2.13. The smallest absolute Gasteiger partial charge is 0.213 e. The van der Waals surface area contributed by atoms with Gasteiger partial charge in [0.05, 0.1) is 7.11 Å². The first kappa shape index (κ1) is 8.51. The van der Waals surface area contributed by atoms with Gasteiger partial charge in [0.15, 0.2) is 0 Å². The number of hydrogen-bond donors (Lipinski definition) is 1. The van der Waals surface area contributed by atoms with Crippen LogP contribution in [0.5, 0.6) is 5.88 Å². The maximum absolute atomic E-state index is 5.59. The highest BCUT2D eigenvalue weighted by molar-refractivity contribution is 5.28. The van der Waals surface area contributed by atoms with Gasteiger partial charge in [0, 0.05) is 12.3 Å². The molecule has 2 unspecified atom stereocenters. The third kappa shape index (κ3) is 1.65. The van der Waals surface area contributed by atoms with Gasteiger partial charge < -0.3 is 10.5 Å². The van der Waals surface area contributed by atoms with Gasteiger partial charge in [-0.3, -0.25) is 0 Å². The minimum atomic E-state index is 0.641. The van der Waals surface area contributed by atoms with E-state index in [1.807, 2.05) is 12.1 Å². The molecule has 2 rings (SSSR count). The molecule has 1 aliphatic carbocycles. The molecule has 1 heterocycles. The molecular formula is C10H14N2O. The Bertz CT molecular complexity index is 301. The molecule has 0 aromatic carbocycles. The maximum Gasteiger partial charge on any atom is 0.213 e. The zero-order valence-electron chi connectivity index (χ0n) is 7.73. The Hall–Kier alpha value is -1.09. The van der Waals surface area contributed by atoms with Gasteiger partial charge in [-0.1, -0.05) is 0 Å². The van der Waals surface area contributed by atoms with E-state index in [-0.39, 0.29) is 0 Å². The highest BCUT2D eigenvalue weighted by atomic mass is 16.5. The normalized spacial score (nSPS) is 25.7. The molecular weight excluding hydrogens is 164 g/mol. The summed E-state index contributed by atoms with van der Waals surface area (Å²) >= 11 is 0. The summed E-state index contributed by atoms with van der Waals surface area (Å²) in [5.41, 5.74) is 6.89. The Kier molecular flexibility index (Phi) is 2.19. The molecule has 13 heavy (non-hydrogen) atoms. The quantitative estimate of drug-likeness (QED) is 0.755. The number of ether oxygens (including phenoxy) is 1. The molecule has 1 saturated carbocycles. The second kappa shape index (κ2) is 3.34. The van der Waals surface area contributed by atoms with Crippen LogP contribution in [0.1, 0.15) is 17.9 Å². The van der Waals surface area contributed by atoms with Crippen LogP contribution in [0, 0.1) is 5.92 Å². The van der Waals surface area contributed by atoms with Crippen LogP contribution in [0.25, 0.3) is 0 Å². The predicted molar refractivity (Wildman–Crippen MR) is 50.7 cm³/mol. The van der Waals surface area contributed by atoms with Gasteiger partial charge in [-0.25, -0.2) is 4.98 Å². The van der Waals surface area contributed by atoms with Crippen LogP contribution in [0.4, 0.5) is 0 Å². The van der Waals surface area contributed by atoms with Crippen molar-refractivity contribution in [1.82, 2.24) is 4.98 Å². The molecule has 70 valence electrons. The van der Waals surface area contributed by atoms with E-state index in [0.29, 0.717) is 17.7 Å². The molecule has 1 fully saturated rings. The molecule has 3 heteroatoms. The summed E-state index contributed by atoms with van der Waals surface area (Å²) in [5, 5.41) is 0. The van der Waals surface area contributed by atoms with Crippen molar-refractivity contribution in [3.63, 3.8) is 0 Å². The number of hydrogen-bond acceptors (Lipinski definition) is 3. The number of rotatable bonds is 3.